The van der Waals surface area contributed by atoms with Gasteiger partial charge in [-0.1, -0.05) is 17.0 Å². The Morgan fingerprint density at radius 2 is 1.93 bits per heavy atom. The van der Waals surface area contributed by atoms with Crippen LogP contribution >= 0.6 is 0 Å². The van der Waals surface area contributed by atoms with Crippen LogP contribution in [0.2, 0.25) is 0 Å². The number of benzene rings is 1. The molecule has 3 aromatic rings. The normalized spacial score (nSPS) is 21.1. The lowest BCUT2D eigenvalue weighted by Gasteiger charge is -2.23. The summed E-state index contributed by atoms with van der Waals surface area (Å²) in [6.45, 7) is 8.26. The first-order chi connectivity index (χ1) is 19.0. The van der Waals surface area contributed by atoms with Gasteiger partial charge in [-0.25, -0.2) is 14.6 Å². The van der Waals surface area contributed by atoms with Gasteiger partial charge in [0.25, 0.3) is 0 Å². The van der Waals surface area contributed by atoms with Gasteiger partial charge in [0, 0.05) is 55.1 Å². The molecule has 0 unspecified atom stereocenters. The second-order valence-corrected chi connectivity index (χ2v) is 11.3. The summed E-state index contributed by atoms with van der Waals surface area (Å²) in [7, 11) is 0. The molecule has 11 nitrogen and oxygen atoms in total. The SMILES string of the molecule is C[C@H](O)c1nccn1[C@H](CNC(=O)OC(C)(C)C)c1cc(-c2ccc(C#C[C@@H]3[C@H]4CN(C(=O)O)C[C@@H]34)cc2)on1. The molecule has 1 saturated carbocycles. The van der Waals surface area contributed by atoms with Crippen LogP contribution in [0.15, 0.2) is 47.2 Å². The number of ether oxygens (including phenoxy) is 1. The molecule has 1 aliphatic heterocycles. The number of carbonyl (C=O) groups excluding carboxylic acids is 1. The van der Waals surface area contributed by atoms with Crippen LogP contribution in [0.25, 0.3) is 11.3 Å². The van der Waals surface area contributed by atoms with E-state index in [1.807, 2.05) is 24.3 Å². The summed E-state index contributed by atoms with van der Waals surface area (Å²) in [6, 6.07) is 8.93. The van der Waals surface area contributed by atoms with Crippen molar-refractivity contribution in [3.63, 3.8) is 0 Å². The number of nitrogens with zero attached hydrogens (tertiary/aromatic N) is 4. The first-order valence-corrected chi connectivity index (χ1v) is 13.2. The molecule has 5 atom stereocenters. The third-order valence-electron chi connectivity index (χ3n) is 7.13. The molecule has 210 valence electrons. The molecule has 5 rings (SSSR count). The lowest BCUT2D eigenvalue weighted by molar-refractivity contribution is 0.0521. The average molecular weight is 548 g/mol. The Kier molecular flexibility index (Phi) is 7.29. The highest BCUT2D eigenvalue weighted by Crippen LogP contribution is 2.51. The van der Waals surface area contributed by atoms with Gasteiger partial charge >= 0.3 is 12.2 Å². The lowest BCUT2D eigenvalue weighted by atomic mass is 10.1. The van der Waals surface area contributed by atoms with Crippen molar-refractivity contribution >= 4 is 12.2 Å². The minimum atomic E-state index is -0.857. The molecule has 1 saturated heterocycles. The number of carboxylic acid groups (broad SMARTS) is 1. The molecule has 0 radical (unpaired) electrons. The summed E-state index contributed by atoms with van der Waals surface area (Å²) in [5.74, 6) is 8.43. The number of fused-ring (bicyclic) bond motifs is 1. The van der Waals surface area contributed by atoms with Crippen LogP contribution in [0.4, 0.5) is 9.59 Å². The number of hydrogen-bond acceptors (Lipinski definition) is 7. The number of aliphatic hydroxyl groups excluding tert-OH is 1. The Labute approximate surface area is 232 Å². The van der Waals surface area contributed by atoms with Gasteiger partial charge < -0.3 is 34.3 Å². The summed E-state index contributed by atoms with van der Waals surface area (Å²) < 4.78 is 12.8. The predicted octanol–water partition coefficient (Wildman–Crippen LogP) is 3.91. The average Bonchev–Trinajstić information content (AvgIpc) is 3.40. The van der Waals surface area contributed by atoms with Gasteiger partial charge in [0.1, 0.15) is 23.2 Å². The first kappa shape index (κ1) is 27.3. The third kappa shape index (κ3) is 5.97. The third-order valence-corrected chi connectivity index (χ3v) is 7.13. The van der Waals surface area contributed by atoms with Crippen LogP contribution in [0.1, 0.15) is 56.9 Å². The zero-order valence-corrected chi connectivity index (χ0v) is 22.9. The van der Waals surface area contributed by atoms with Crippen LogP contribution in [-0.2, 0) is 4.74 Å². The van der Waals surface area contributed by atoms with Gasteiger partial charge in [0.2, 0.25) is 0 Å². The summed E-state index contributed by atoms with van der Waals surface area (Å²) in [5.41, 5.74) is 1.58. The zero-order valence-electron chi connectivity index (χ0n) is 22.9. The Balaban J connectivity index is 1.29. The summed E-state index contributed by atoms with van der Waals surface area (Å²) in [5, 5.41) is 26.4. The fourth-order valence-corrected chi connectivity index (χ4v) is 5.11. The number of aliphatic hydroxyl groups is 1. The topological polar surface area (TPSA) is 143 Å². The second-order valence-electron chi connectivity index (χ2n) is 11.3. The van der Waals surface area contributed by atoms with Crippen molar-refractivity contribution in [2.45, 2.75) is 45.4 Å². The van der Waals surface area contributed by atoms with Crippen molar-refractivity contribution in [1.82, 2.24) is 24.9 Å². The van der Waals surface area contributed by atoms with E-state index in [2.05, 4.69) is 27.3 Å². The molecule has 3 heterocycles. The minimum Gasteiger partial charge on any atom is -0.465 e. The molecular formula is C29H33N5O6. The van der Waals surface area contributed by atoms with Gasteiger partial charge in [-0.15, -0.1) is 0 Å². The van der Waals surface area contributed by atoms with E-state index in [1.165, 1.54) is 4.90 Å². The zero-order chi connectivity index (χ0) is 28.6. The Bertz CT molecular complexity index is 1430. The van der Waals surface area contributed by atoms with Gasteiger partial charge in [0.05, 0.1) is 6.04 Å². The van der Waals surface area contributed by atoms with Crippen molar-refractivity contribution in [3.8, 4) is 23.2 Å². The molecule has 40 heavy (non-hydrogen) atoms. The molecule has 11 heteroatoms. The quantitative estimate of drug-likeness (QED) is 0.394. The van der Waals surface area contributed by atoms with Gasteiger partial charge in [-0.05, 0) is 63.8 Å². The first-order valence-electron chi connectivity index (χ1n) is 13.2. The monoisotopic (exact) mass is 547 g/mol. The van der Waals surface area contributed by atoms with Crippen molar-refractivity contribution in [1.29, 1.82) is 0 Å². The fraction of sp³-hybridized carbons (Fsp3) is 0.448. The summed E-state index contributed by atoms with van der Waals surface area (Å²) in [6.07, 6.45) is 1.05. The standard InChI is InChI=1S/C29H33N5O6/c1-17(35)26-30-11-12-34(26)24(14-31-27(36)39-29(2,3)4)23-13-25(40-32-23)19-8-5-18(6-9-19)7-10-20-21-15-33(28(37)38)16-22(20)21/h5-6,8-9,11-13,17,20-22,24,35H,14-16H2,1-4H3,(H,31,36)(H,37,38)/t17-,20-,21-,22+,24+/m0/s1. The van der Waals surface area contributed by atoms with Crippen molar-refractivity contribution < 1.29 is 29.1 Å². The van der Waals surface area contributed by atoms with E-state index in [0.717, 1.165) is 11.1 Å². The highest BCUT2D eigenvalue weighted by atomic mass is 16.6. The van der Waals surface area contributed by atoms with Crippen molar-refractivity contribution in [2.75, 3.05) is 19.6 Å². The molecule has 2 amide bonds. The number of aromatic nitrogens is 3. The lowest BCUT2D eigenvalue weighted by Crippen LogP contribution is -2.36. The number of hydrogen-bond donors (Lipinski definition) is 3. The van der Waals surface area contributed by atoms with Crippen LogP contribution < -0.4 is 5.32 Å². The van der Waals surface area contributed by atoms with Crippen LogP contribution in [0.5, 0.6) is 0 Å². The number of likely N-dealkylation sites (tertiary alicyclic amines) is 1. The van der Waals surface area contributed by atoms with Crippen LogP contribution in [-0.4, -0.2) is 67.2 Å². The number of rotatable bonds is 6. The Hall–Kier alpha value is -4.30. The molecule has 2 aromatic heterocycles. The second kappa shape index (κ2) is 10.7. The highest BCUT2D eigenvalue weighted by molar-refractivity contribution is 5.68. The smallest absolute Gasteiger partial charge is 0.407 e. The largest absolute Gasteiger partial charge is 0.465 e. The minimum absolute atomic E-state index is 0.138. The van der Waals surface area contributed by atoms with Crippen LogP contribution in [0.3, 0.4) is 0 Å². The predicted molar refractivity (Wildman–Crippen MR) is 144 cm³/mol. The summed E-state index contributed by atoms with van der Waals surface area (Å²) >= 11 is 0. The maximum atomic E-state index is 12.4. The molecular weight excluding hydrogens is 514 g/mol. The number of imidazole rings is 1. The summed E-state index contributed by atoms with van der Waals surface area (Å²) in [4.78, 5) is 29.2. The van der Waals surface area contributed by atoms with E-state index in [1.54, 1.807) is 50.7 Å². The molecule has 2 aliphatic rings. The van der Waals surface area contributed by atoms with Crippen molar-refractivity contribution in [2.24, 2.45) is 17.8 Å². The molecule has 2 fully saturated rings. The van der Waals surface area contributed by atoms with Gasteiger partial charge in [-0.2, -0.15) is 0 Å². The number of alkyl carbamates (subject to hydrolysis) is 1. The maximum Gasteiger partial charge on any atom is 0.407 e. The maximum absolute atomic E-state index is 12.4. The fourth-order valence-electron chi connectivity index (χ4n) is 5.11. The van der Waals surface area contributed by atoms with E-state index in [0.29, 0.717) is 42.2 Å². The Morgan fingerprint density at radius 1 is 1.23 bits per heavy atom. The van der Waals surface area contributed by atoms with E-state index in [9.17, 15) is 14.7 Å². The molecule has 1 aromatic carbocycles. The number of piperidine rings is 1. The molecule has 3 N–H and O–H groups in total. The molecule has 0 bridgehead atoms. The molecule has 1 aliphatic carbocycles. The Morgan fingerprint density at radius 3 is 2.55 bits per heavy atom. The van der Waals surface area contributed by atoms with E-state index in [4.69, 9.17) is 14.4 Å². The van der Waals surface area contributed by atoms with Gasteiger partial charge in [0.15, 0.2) is 5.76 Å². The van der Waals surface area contributed by atoms with E-state index in [-0.39, 0.29) is 12.5 Å². The number of amides is 2. The number of carbonyl (C=O) groups is 2. The van der Waals surface area contributed by atoms with E-state index < -0.39 is 29.9 Å². The highest BCUT2D eigenvalue weighted by Gasteiger charge is 2.56. The van der Waals surface area contributed by atoms with E-state index >= 15 is 0 Å². The number of nitrogens with one attached hydrogen (secondary N) is 1. The van der Waals surface area contributed by atoms with Gasteiger partial charge in [-0.3, -0.25) is 0 Å². The van der Waals surface area contributed by atoms with Crippen LogP contribution in [0, 0.1) is 29.6 Å². The molecule has 0 spiro atoms. The van der Waals surface area contributed by atoms with Crippen molar-refractivity contribution in [3.05, 3.63) is 59.8 Å².